The van der Waals surface area contributed by atoms with Crippen LogP contribution >= 0.6 is 12.4 Å². The van der Waals surface area contributed by atoms with Crippen molar-refractivity contribution in [3.8, 4) is 0 Å². The first kappa shape index (κ1) is 18.7. The van der Waals surface area contributed by atoms with Crippen LogP contribution < -0.4 is 5.73 Å². The van der Waals surface area contributed by atoms with E-state index in [1.54, 1.807) is 4.90 Å². The molecule has 0 unspecified atom stereocenters. The van der Waals surface area contributed by atoms with Gasteiger partial charge in [0.05, 0.1) is 6.54 Å². The van der Waals surface area contributed by atoms with Gasteiger partial charge in [0.15, 0.2) is 0 Å². The van der Waals surface area contributed by atoms with Crippen molar-refractivity contribution >= 4 is 24.2 Å². The highest BCUT2D eigenvalue weighted by Crippen LogP contribution is 2.31. The third-order valence-corrected chi connectivity index (χ3v) is 4.84. The molecule has 1 aromatic carbocycles. The Bertz CT molecular complexity index is 555. The Labute approximate surface area is 149 Å². The summed E-state index contributed by atoms with van der Waals surface area (Å²) in [6.07, 6.45) is 3.73. The Balaban J connectivity index is 0.00000208. The van der Waals surface area contributed by atoms with Gasteiger partial charge in [-0.05, 0) is 31.2 Å². The van der Waals surface area contributed by atoms with E-state index in [1.165, 1.54) is 5.56 Å². The lowest BCUT2D eigenvalue weighted by atomic mass is 9.94. The number of rotatable bonds is 5. The van der Waals surface area contributed by atoms with Gasteiger partial charge in [0, 0.05) is 31.6 Å². The van der Waals surface area contributed by atoms with Gasteiger partial charge in [-0.3, -0.25) is 9.59 Å². The fraction of sp³-hybridized carbons (Fsp3) is 0.556. The van der Waals surface area contributed by atoms with Gasteiger partial charge in [-0.1, -0.05) is 30.3 Å². The van der Waals surface area contributed by atoms with Gasteiger partial charge in [0.25, 0.3) is 0 Å². The van der Waals surface area contributed by atoms with Gasteiger partial charge in [0.1, 0.15) is 0 Å². The molecule has 0 aromatic heterocycles. The van der Waals surface area contributed by atoms with Crippen LogP contribution in [0, 0.1) is 5.92 Å². The molecule has 1 saturated carbocycles. The van der Waals surface area contributed by atoms with E-state index >= 15 is 0 Å². The Morgan fingerprint density at radius 2 is 1.71 bits per heavy atom. The topological polar surface area (TPSA) is 66.6 Å². The van der Waals surface area contributed by atoms with Crippen LogP contribution in [-0.2, 0) is 16.1 Å². The number of amides is 2. The van der Waals surface area contributed by atoms with Crippen LogP contribution in [0.4, 0.5) is 0 Å². The number of hydrogen-bond donors (Lipinski definition) is 1. The fourth-order valence-electron chi connectivity index (χ4n) is 3.29. The molecule has 0 atom stereocenters. The second-order valence-electron chi connectivity index (χ2n) is 6.54. The maximum atomic E-state index is 12.9. The maximum Gasteiger partial charge on any atom is 0.236 e. The SMILES string of the molecule is Cl.NCC(=O)N1CCC(C(=O)N(Cc2ccccc2)C2CC2)CC1. The summed E-state index contributed by atoms with van der Waals surface area (Å²) in [5.74, 6) is 0.288. The van der Waals surface area contributed by atoms with Gasteiger partial charge >= 0.3 is 0 Å². The molecule has 1 aliphatic heterocycles. The molecule has 2 aliphatic rings. The number of carbonyl (C=O) groups excluding carboxylic acids is 2. The van der Waals surface area contributed by atoms with E-state index in [2.05, 4.69) is 17.0 Å². The number of likely N-dealkylation sites (tertiary alicyclic amines) is 1. The zero-order chi connectivity index (χ0) is 16.2. The Morgan fingerprint density at radius 1 is 1.08 bits per heavy atom. The molecule has 5 nitrogen and oxygen atoms in total. The summed E-state index contributed by atoms with van der Waals surface area (Å²) in [6.45, 7) is 2.06. The van der Waals surface area contributed by atoms with Crippen molar-refractivity contribution in [1.29, 1.82) is 0 Å². The summed E-state index contributed by atoms with van der Waals surface area (Å²) >= 11 is 0. The zero-order valence-electron chi connectivity index (χ0n) is 13.9. The molecule has 2 N–H and O–H groups in total. The van der Waals surface area contributed by atoms with Crippen LogP contribution in [0.15, 0.2) is 30.3 Å². The third kappa shape index (κ3) is 4.48. The molecule has 6 heteroatoms. The highest BCUT2D eigenvalue weighted by Gasteiger charge is 2.37. The second-order valence-corrected chi connectivity index (χ2v) is 6.54. The van der Waals surface area contributed by atoms with E-state index < -0.39 is 0 Å². The van der Waals surface area contributed by atoms with Crippen LogP contribution in [0.3, 0.4) is 0 Å². The van der Waals surface area contributed by atoms with Crippen molar-refractivity contribution in [2.75, 3.05) is 19.6 Å². The van der Waals surface area contributed by atoms with Crippen LogP contribution in [0.25, 0.3) is 0 Å². The molecule has 24 heavy (non-hydrogen) atoms. The third-order valence-electron chi connectivity index (χ3n) is 4.84. The molecule has 0 bridgehead atoms. The van der Waals surface area contributed by atoms with Crippen molar-refractivity contribution < 1.29 is 9.59 Å². The van der Waals surface area contributed by atoms with Crippen molar-refractivity contribution in [1.82, 2.24) is 9.80 Å². The van der Waals surface area contributed by atoms with Gasteiger partial charge in [-0.25, -0.2) is 0 Å². The lowest BCUT2D eigenvalue weighted by molar-refractivity contribution is -0.141. The number of nitrogens with two attached hydrogens (primary N) is 1. The van der Waals surface area contributed by atoms with E-state index in [0.29, 0.717) is 25.7 Å². The average molecular weight is 352 g/mol. The normalized spacial score (nSPS) is 18.0. The molecule has 2 fully saturated rings. The first-order valence-corrected chi connectivity index (χ1v) is 8.51. The number of piperidine rings is 1. The van der Waals surface area contributed by atoms with Crippen molar-refractivity contribution in [2.45, 2.75) is 38.3 Å². The van der Waals surface area contributed by atoms with Crippen LogP contribution in [-0.4, -0.2) is 47.3 Å². The lowest BCUT2D eigenvalue weighted by Gasteiger charge is -2.34. The molecule has 0 spiro atoms. The van der Waals surface area contributed by atoms with Gasteiger partial charge in [-0.15, -0.1) is 12.4 Å². The van der Waals surface area contributed by atoms with Crippen molar-refractivity contribution in [3.63, 3.8) is 0 Å². The summed E-state index contributed by atoms with van der Waals surface area (Å²) in [5.41, 5.74) is 6.60. The van der Waals surface area contributed by atoms with Crippen molar-refractivity contribution in [2.24, 2.45) is 11.7 Å². The lowest BCUT2D eigenvalue weighted by Crippen LogP contribution is -2.46. The molecule has 1 saturated heterocycles. The van der Waals surface area contributed by atoms with E-state index in [9.17, 15) is 9.59 Å². The number of hydrogen-bond acceptors (Lipinski definition) is 3. The van der Waals surface area contributed by atoms with Gasteiger partial charge < -0.3 is 15.5 Å². The Hall–Kier alpha value is -1.59. The van der Waals surface area contributed by atoms with Crippen LogP contribution in [0.1, 0.15) is 31.2 Å². The minimum Gasteiger partial charge on any atom is -0.342 e. The standard InChI is InChI=1S/C18H25N3O2.ClH/c19-12-17(22)20-10-8-15(9-11-20)18(23)21(16-6-7-16)13-14-4-2-1-3-5-14;/h1-5,15-16H,6-13,19H2;1H. The monoisotopic (exact) mass is 351 g/mol. The average Bonchev–Trinajstić information content (AvgIpc) is 3.44. The summed E-state index contributed by atoms with van der Waals surface area (Å²) in [6, 6.07) is 10.6. The maximum absolute atomic E-state index is 12.9. The van der Waals surface area contributed by atoms with Crippen LogP contribution in [0.2, 0.25) is 0 Å². The predicted molar refractivity (Wildman–Crippen MR) is 95.6 cm³/mol. The number of benzene rings is 1. The molecular weight excluding hydrogens is 326 g/mol. The smallest absolute Gasteiger partial charge is 0.236 e. The largest absolute Gasteiger partial charge is 0.342 e. The van der Waals surface area contributed by atoms with Gasteiger partial charge in [-0.2, -0.15) is 0 Å². The fourth-order valence-corrected chi connectivity index (χ4v) is 3.29. The Morgan fingerprint density at radius 3 is 2.25 bits per heavy atom. The van der Waals surface area contributed by atoms with E-state index in [0.717, 1.165) is 25.7 Å². The van der Waals surface area contributed by atoms with E-state index in [-0.39, 0.29) is 36.7 Å². The molecule has 2 amide bonds. The highest BCUT2D eigenvalue weighted by atomic mass is 35.5. The molecule has 1 heterocycles. The summed E-state index contributed by atoms with van der Waals surface area (Å²) in [5, 5.41) is 0. The quantitative estimate of drug-likeness (QED) is 0.879. The van der Waals surface area contributed by atoms with Gasteiger partial charge in [0.2, 0.25) is 11.8 Å². The predicted octanol–water partition coefficient (Wildman–Crippen LogP) is 1.80. The molecule has 0 radical (unpaired) electrons. The highest BCUT2D eigenvalue weighted by molar-refractivity contribution is 5.85. The zero-order valence-corrected chi connectivity index (χ0v) is 14.7. The Kier molecular flexibility index (Phi) is 6.63. The molecule has 1 aromatic rings. The minimum absolute atomic E-state index is 0. The first-order chi connectivity index (χ1) is 11.2. The molecule has 132 valence electrons. The summed E-state index contributed by atoms with van der Waals surface area (Å²) in [4.78, 5) is 28.4. The number of carbonyl (C=O) groups is 2. The second kappa shape index (κ2) is 8.49. The summed E-state index contributed by atoms with van der Waals surface area (Å²) < 4.78 is 0. The van der Waals surface area contributed by atoms with E-state index in [1.807, 2.05) is 18.2 Å². The van der Waals surface area contributed by atoms with Crippen molar-refractivity contribution in [3.05, 3.63) is 35.9 Å². The molecule has 1 aliphatic carbocycles. The molecule has 3 rings (SSSR count). The number of nitrogens with zero attached hydrogens (tertiary/aromatic N) is 2. The van der Waals surface area contributed by atoms with Crippen LogP contribution in [0.5, 0.6) is 0 Å². The number of halogens is 1. The van der Waals surface area contributed by atoms with E-state index in [4.69, 9.17) is 5.73 Å². The summed E-state index contributed by atoms with van der Waals surface area (Å²) in [7, 11) is 0. The minimum atomic E-state index is -0.0146. The first-order valence-electron chi connectivity index (χ1n) is 8.51. The molecular formula is C18H26ClN3O2.